The minimum atomic E-state index is -0.812. The lowest BCUT2D eigenvalue weighted by Gasteiger charge is -2.27. The van der Waals surface area contributed by atoms with Gasteiger partial charge in [-0.05, 0) is 49.2 Å². The fourth-order valence-corrected chi connectivity index (χ4v) is 3.05. The molecule has 32 heavy (non-hydrogen) atoms. The predicted molar refractivity (Wildman–Crippen MR) is 115 cm³/mol. The molecule has 0 aliphatic carbocycles. The summed E-state index contributed by atoms with van der Waals surface area (Å²) in [6.07, 6.45) is 1.36. The number of amides is 4. The lowest BCUT2D eigenvalue weighted by atomic mass is 10.1. The highest BCUT2D eigenvalue weighted by atomic mass is 16.6. The van der Waals surface area contributed by atoms with Gasteiger partial charge < -0.3 is 14.2 Å². The van der Waals surface area contributed by atoms with Crippen LogP contribution < -0.4 is 19.7 Å². The van der Waals surface area contributed by atoms with Gasteiger partial charge in [0.2, 0.25) is 0 Å². The van der Waals surface area contributed by atoms with Crippen LogP contribution in [0.2, 0.25) is 0 Å². The summed E-state index contributed by atoms with van der Waals surface area (Å²) in [5.74, 6) is -1.47. The minimum Gasteiger partial charge on any atom is -0.490 e. The van der Waals surface area contributed by atoms with Crippen LogP contribution in [0.15, 0.2) is 48.0 Å². The fourth-order valence-electron chi connectivity index (χ4n) is 3.05. The Morgan fingerprint density at radius 1 is 1.06 bits per heavy atom. The van der Waals surface area contributed by atoms with Crippen LogP contribution in [0.1, 0.15) is 18.1 Å². The van der Waals surface area contributed by atoms with Crippen molar-refractivity contribution in [1.29, 1.82) is 0 Å². The number of nitrogens with zero attached hydrogens (tertiary/aromatic N) is 1. The fraction of sp³-hybridized carbons (Fsp3) is 0.217. The quantitative estimate of drug-likeness (QED) is 0.402. The molecule has 4 amide bonds. The summed E-state index contributed by atoms with van der Waals surface area (Å²) in [4.78, 5) is 50.1. The maximum atomic E-state index is 13.1. The van der Waals surface area contributed by atoms with E-state index in [9.17, 15) is 19.2 Å². The molecule has 0 aromatic heterocycles. The number of carbonyl (C=O) groups excluding carboxylic acids is 4. The summed E-state index contributed by atoms with van der Waals surface area (Å²) in [7, 11) is 1.25. The van der Waals surface area contributed by atoms with Gasteiger partial charge in [0, 0.05) is 0 Å². The molecule has 1 fully saturated rings. The van der Waals surface area contributed by atoms with E-state index < -0.39 is 23.8 Å². The van der Waals surface area contributed by atoms with E-state index in [-0.39, 0.29) is 12.2 Å². The monoisotopic (exact) mass is 438 g/mol. The molecular weight excluding hydrogens is 416 g/mol. The van der Waals surface area contributed by atoms with Gasteiger partial charge in [0.05, 0.1) is 19.4 Å². The standard InChI is InChI=1S/C23H22N2O7/c1-4-31-19-12-15(9-10-18(19)32-13-20(26)30-3)11-16-21(27)24-23(29)25(22(16)28)17-8-6-5-7-14(17)2/h5-12H,4,13H2,1-3H3,(H,24,27,29)/b16-11+. The predicted octanol–water partition coefficient (Wildman–Crippen LogP) is 2.61. The number of barbiturate groups is 1. The van der Waals surface area contributed by atoms with E-state index in [0.29, 0.717) is 34.9 Å². The van der Waals surface area contributed by atoms with Crippen molar-refractivity contribution in [3.8, 4) is 11.5 Å². The second-order valence-corrected chi connectivity index (χ2v) is 6.75. The first-order valence-corrected chi connectivity index (χ1v) is 9.79. The number of nitrogens with one attached hydrogen (secondary N) is 1. The summed E-state index contributed by atoms with van der Waals surface area (Å²) in [5.41, 5.74) is 1.35. The second-order valence-electron chi connectivity index (χ2n) is 6.75. The van der Waals surface area contributed by atoms with Crippen LogP contribution in [0.5, 0.6) is 11.5 Å². The molecule has 9 nitrogen and oxygen atoms in total. The Hall–Kier alpha value is -4.14. The summed E-state index contributed by atoms with van der Waals surface area (Å²) in [6.45, 7) is 3.56. The highest BCUT2D eigenvalue weighted by Gasteiger charge is 2.37. The zero-order valence-electron chi connectivity index (χ0n) is 17.8. The molecule has 2 aromatic rings. The maximum absolute atomic E-state index is 13.1. The molecule has 0 spiro atoms. The van der Waals surface area contributed by atoms with Crippen LogP contribution in [0.3, 0.4) is 0 Å². The lowest BCUT2D eigenvalue weighted by Crippen LogP contribution is -2.54. The molecule has 1 aliphatic rings. The van der Waals surface area contributed by atoms with E-state index in [1.54, 1.807) is 56.3 Å². The Kier molecular flexibility index (Phi) is 6.89. The molecule has 3 rings (SSSR count). The summed E-state index contributed by atoms with van der Waals surface area (Å²) >= 11 is 0. The van der Waals surface area contributed by atoms with E-state index in [0.717, 1.165) is 4.90 Å². The van der Waals surface area contributed by atoms with Crippen LogP contribution in [-0.2, 0) is 19.1 Å². The van der Waals surface area contributed by atoms with Crippen molar-refractivity contribution in [1.82, 2.24) is 5.32 Å². The van der Waals surface area contributed by atoms with E-state index >= 15 is 0 Å². The largest absolute Gasteiger partial charge is 0.490 e. The Morgan fingerprint density at radius 3 is 2.50 bits per heavy atom. The van der Waals surface area contributed by atoms with E-state index in [1.165, 1.54) is 13.2 Å². The number of para-hydroxylation sites is 1. The third kappa shape index (κ3) is 4.77. The topological polar surface area (TPSA) is 111 Å². The molecule has 2 aromatic carbocycles. The average Bonchev–Trinajstić information content (AvgIpc) is 2.77. The number of methoxy groups -OCH3 is 1. The number of esters is 1. The van der Waals surface area contributed by atoms with Gasteiger partial charge in [-0.25, -0.2) is 14.5 Å². The highest BCUT2D eigenvalue weighted by Crippen LogP contribution is 2.30. The van der Waals surface area contributed by atoms with Gasteiger partial charge in [-0.1, -0.05) is 24.3 Å². The molecule has 0 saturated carbocycles. The first-order valence-electron chi connectivity index (χ1n) is 9.79. The number of imide groups is 2. The summed E-state index contributed by atoms with van der Waals surface area (Å²) in [6, 6.07) is 10.8. The smallest absolute Gasteiger partial charge is 0.343 e. The number of benzene rings is 2. The van der Waals surface area contributed by atoms with Crippen molar-refractivity contribution in [3.05, 3.63) is 59.2 Å². The van der Waals surface area contributed by atoms with Crippen molar-refractivity contribution in [2.24, 2.45) is 0 Å². The molecule has 1 N–H and O–H groups in total. The van der Waals surface area contributed by atoms with Gasteiger partial charge in [0.1, 0.15) is 5.57 Å². The van der Waals surface area contributed by atoms with Gasteiger partial charge >= 0.3 is 12.0 Å². The molecular formula is C23H22N2O7. The van der Waals surface area contributed by atoms with Crippen molar-refractivity contribution in [2.75, 3.05) is 25.2 Å². The minimum absolute atomic E-state index is 0.210. The molecule has 0 atom stereocenters. The zero-order valence-corrected chi connectivity index (χ0v) is 17.8. The number of rotatable bonds is 7. The lowest BCUT2D eigenvalue weighted by molar-refractivity contribution is -0.143. The van der Waals surface area contributed by atoms with E-state index in [2.05, 4.69) is 10.1 Å². The van der Waals surface area contributed by atoms with Crippen molar-refractivity contribution in [2.45, 2.75) is 13.8 Å². The Morgan fingerprint density at radius 2 is 1.81 bits per heavy atom. The van der Waals surface area contributed by atoms with Gasteiger partial charge in [-0.2, -0.15) is 0 Å². The Labute approximate surface area is 184 Å². The molecule has 0 radical (unpaired) electrons. The molecule has 1 heterocycles. The SMILES string of the molecule is CCOc1cc(/C=C2\C(=O)NC(=O)N(c3ccccc3C)C2=O)ccc1OCC(=O)OC. The van der Waals surface area contributed by atoms with Crippen LogP contribution in [0.25, 0.3) is 6.08 Å². The van der Waals surface area contributed by atoms with Crippen LogP contribution in [-0.4, -0.2) is 44.1 Å². The Balaban J connectivity index is 1.95. The number of ether oxygens (including phenoxy) is 3. The molecule has 1 saturated heterocycles. The van der Waals surface area contributed by atoms with E-state index in [4.69, 9.17) is 9.47 Å². The van der Waals surface area contributed by atoms with Crippen molar-refractivity contribution in [3.63, 3.8) is 0 Å². The molecule has 166 valence electrons. The average molecular weight is 438 g/mol. The molecule has 1 aliphatic heterocycles. The van der Waals surface area contributed by atoms with Crippen LogP contribution in [0.4, 0.5) is 10.5 Å². The number of anilines is 1. The van der Waals surface area contributed by atoms with Gasteiger partial charge in [-0.3, -0.25) is 14.9 Å². The van der Waals surface area contributed by atoms with Crippen molar-refractivity contribution < 1.29 is 33.4 Å². The number of urea groups is 1. The third-order valence-electron chi connectivity index (χ3n) is 4.61. The van der Waals surface area contributed by atoms with Crippen LogP contribution >= 0.6 is 0 Å². The number of carbonyl (C=O) groups is 4. The second kappa shape index (κ2) is 9.78. The number of aryl methyl sites for hydroxylation is 1. The third-order valence-corrected chi connectivity index (χ3v) is 4.61. The van der Waals surface area contributed by atoms with Gasteiger partial charge in [0.25, 0.3) is 11.8 Å². The Bertz CT molecular complexity index is 1110. The number of hydrogen-bond donors (Lipinski definition) is 1. The summed E-state index contributed by atoms with van der Waals surface area (Å²) < 4.78 is 15.5. The zero-order chi connectivity index (χ0) is 23.3. The van der Waals surface area contributed by atoms with Gasteiger partial charge in [0.15, 0.2) is 18.1 Å². The molecule has 0 unspecified atom stereocenters. The van der Waals surface area contributed by atoms with Crippen LogP contribution in [0, 0.1) is 6.92 Å². The summed E-state index contributed by atoms with van der Waals surface area (Å²) in [5, 5.41) is 2.20. The maximum Gasteiger partial charge on any atom is 0.343 e. The van der Waals surface area contributed by atoms with Crippen molar-refractivity contribution >= 4 is 35.6 Å². The van der Waals surface area contributed by atoms with Gasteiger partial charge in [-0.15, -0.1) is 0 Å². The first kappa shape index (κ1) is 22.5. The molecule has 0 bridgehead atoms. The number of hydrogen-bond acceptors (Lipinski definition) is 7. The first-order chi connectivity index (χ1) is 15.3. The highest BCUT2D eigenvalue weighted by molar-refractivity contribution is 6.39. The normalized spacial score (nSPS) is 14.9. The van der Waals surface area contributed by atoms with E-state index in [1.807, 2.05) is 0 Å². The molecule has 9 heteroatoms.